The summed E-state index contributed by atoms with van der Waals surface area (Å²) in [5.74, 6) is 0.575. The SMILES string of the molecule is Cc1nc(CC(=O)N(C)CC2CCN(CCc3ccccc3F)CC2)cs1. The Hall–Kier alpha value is -1.79. The molecule has 0 radical (unpaired) electrons. The van der Waals surface area contributed by atoms with Crippen LogP contribution >= 0.6 is 11.3 Å². The topological polar surface area (TPSA) is 36.4 Å². The van der Waals surface area contributed by atoms with Crippen LogP contribution in [0, 0.1) is 18.7 Å². The summed E-state index contributed by atoms with van der Waals surface area (Å²) < 4.78 is 13.7. The minimum absolute atomic E-state index is 0.108. The van der Waals surface area contributed by atoms with E-state index in [1.807, 2.05) is 36.4 Å². The van der Waals surface area contributed by atoms with Crippen molar-refractivity contribution in [1.29, 1.82) is 0 Å². The number of likely N-dealkylation sites (tertiary alicyclic amines) is 1. The zero-order valence-electron chi connectivity index (χ0n) is 16.2. The first-order chi connectivity index (χ1) is 13.0. The lowest BCUT2D eigenvalue weighted by Crippen LogP contribution is -2.40. The Morgan fingerprint density at radius 1 is 1.33 bits per heavy atom. The van der Waals surface area contributed by atoms with Gasteiger partial charge in [-0.3, -0.25) is 4.79 Å². The predicted octanol–water partition coefficient (Wildman–Crippen LogP) is 3.55. The molecule has 0 aliphatic carbocycles. The molecule has 2 aromatic rings. The Morgan fingerprint density at radius 2 is 2.07 bits per heavy atom. The smallest absolute Gasteiger partial charge is 0.228 e. The van der Waals surface area contributed by atoms with Gasteiger partial charge < -0.3 is 9.80 Å². The highest BCUT2D eigenvalue weighted by Gasteiger charge is 2.22. The van der Waals surface area contributed by atoms with Gasteiger partial charge in [0.2, 0.25) is 5.91 Å². The third-order valence-electron chi connectivity index (χ3n) is 5.32. The molecule has 1 saturated heterocycles. The number of carbonyl (C=O) groups is 1. The summed E-state index contributed by atoms with van der Waals surface area (Å²) in [5, 5.41) is 2.97. The standard InChI is InChI=1S/C21H28FN3OS/c1-16-23-19(15-27-16)13-21(26)24(2)14-17-7-10-25(11-8-17)12-9-18-5-3-4-6-20(18)22/h3-6,15,17H,7-14H2,1-2H3. The number of aromatic nitrogens is 1. The summed E-state index contributed by atoms with van der Waals surface area (Å²) in [6.45, 7) is 5.70. The number of carbonyl (C=O) groups excluding carboxylic acids is 1. The number of piperidine rings is 1. The van der Waals surface area contributed by atoms with Crippen molar-refractivity contribution in [2.45, 2.75) is 32.6 Å². The molecule has 0 atom stereocenters. The number of aryl methyl sites for hydroxylation is 1. The van der Waals surface area contributed by atoms with E-state index in [-0.39, 0.29) is 11.7 Å². The van der Waals surface area contributed by atoms with Crippen LogP contribution in [0.25, 0.3) is 0 Å². The lowest BCUT2D eigenvalue weighted by molar-refractivity contribution is -0.130. The van der Waals surface area contributed by atoms with E-state index in [1.54, 1.807) is 17.4 Å². The van der Waals surface area contributed by atoms with E-state index < -0.39 is 0 Å². The molecule has 27 heavy (non-hydrogen) atoms. The maximum atomic E-state index is 13.7. The van der Waals surface area contributed by atoms with Gasteiger partial charge in [0.05, 0.1) is 17.1 Å². The first-order valence-electron chi connectivity index (χ1n) is 9.62. The Morgan fingerprint density at radius 3 is 2.74 bits per heavy atom. The van der Waals surface area contributed by atoms with Crippen molar-refractivity contribution < 1.29 is 9.18 Å². The molecular weight excluding hydrogens is 361 g/mol. The number of nitrogens with zero attached hydrogens (tertiary/aromatic N) is 3. The molecule has 1 fully saturated rings. The molecule has 1 aliphatic heterocycles. The molecule has 1 amide bonds. The molecule has 0 bridgehead atoms. The summed E-state index contributed by atoms with van der Waals surface area (Å²) >= 11 is 1.59. The molecule has 6 heteroatoms. The summed E-state index contributed by atoms with van der Waals surface area (Å²) in [7, 11) is 1.89. The van der Waals surface area contributed by atoms with E-state index in [0.29, 0.717) is 12.3 Å². The summed E-state index contributed by atoms with van der Waals surface area (Å²) in [5.41, 5.74) is 1.67. The number of halogens is 1. The molecule has 2 heterocycles. The molecule has 0 spiro atoms. The molecule has 1 aliphatic rings. The molecule has 1 aromatic carbocycles. The molecule has 1 aromatic heterocycles. The van der Waals surface area contributed by atoms with Crippen LogP contribution in [-0.4, -0.2) is 53.9 Å². The second-order valence-electron chi connectivity index (χ2n) is 7.44. The van der Waals surface area contributed by atoms with Crippen molar-refractivity contribution in [2.24, 2.45) is 5.92 Å². The third-order valence-corrected chi connectivity index (χ3v) is 6.14. The normalized spacial score (nSPS) is 15.8. The zero-order valence-corrected chi connectivity index (χ0v) is 17.0. The van der Waals surface area contributed by atoms with E-state index >= 15 is 0 Å². The van der Waals surface area contributed by atoms with Crippen molar-refractivity contribution in [3.63, 3.8) is 0 Å². The predicted molar refractivity (Wildman–Crippen MR) is 107 cm³/mol. The van der Waals surface area contributed by atoms with Crippen LogP contribution in [0.15, 0.2) is 29.6 Å². The second-order valence-corrected chi connectivity index (χ2v) is 8.50. The van der Waals surface area contributed by atoms with Crippen LogP contribution in [0.2, 0.25) is 0 Å². The van der Waals surface area contributed by atoms with Gasteiger partial charge in [0.1, 0.15) is 5.82 Å². The number of hydrogen-bond acceptors (Lipinski definition) is 4. The van der Waals surface area contributed by atoms with Crippen molar-refractivity contribution >= 4 is 17.2 Å². The summed E-state index contributed by atoms with van der Waals surface area (Å²) in [6, 6.07) is 7.02. The first-order valence-corrected chi connectivity index (χ1v) is 10.5. The number of amides is 1. The maximum Gasteiger partial charge on any atom is 0.228 e. The van der Waals surface area contributed by atoms with Gasteiger partial charge in [-0.1, -0.05) is 18.2 Å². The molecule has 0 saturated carbocycles. The van der Waals surface area contributed by atoms with Gasteiger partial charge in [-0.05, 0) is 56.8 Å². The van der Waals surface area contributed by atoms with Gasteiger partial charge in [-0.15, -0.1) is 11.3 Å². The van der Waals surface area contributed by atoms with Gasteiger partial charge >= 0.3 is 0 Å². The number of hydrogen-bond donors (Lipinski definition) is 0. The van der Waals surface area contributed by atoms with Crippen LogP contribution in [0.5, 0.6) is 0 Å². The molecule has 3 rings (SSSR count). The largest absolute Gasteiger partial charge is 0.345 e. The quantitative estimate of drug-likeness (QED) is 0.727. The zero-order chi connectivity index (χ0) is 19.2. The van der Waals surface area contributed by atoms with E-state index in [4.69, 9.17) is 0 Å². The number of thiazole rings is 1. The van der Waals surface area contributed by atoms with Crippen LogP contribution in [0.4, 0.5) is 4.39 Å². The Kier molecular flexibility index (Phi) is 6.96. The van der Waals surface area contributed by atoms with Gasteiger partial charge in [0.25, 0.3) is 0 Å². The van der Waals surface area contributed by atoms with Crippen molar-refractivity contribution in [3.05, 3.63) is 51.7 Å². The van der Waals surface area contributed by atoms with Crippen molar-refractivity contribution in [3.8, 4) is 0 Å². The van der Waals surface area contributed by atoms with E-state index in [2.05, 4.69) is 9.88 Å². The Labute approximate surface area is 165 Å². The highest BCUT2D eigenvalue weighted by atomic mass is 32.1. The highest BCUT2D eigenvalue weighted by Crippen LogP contribution is 2.19. The average Bonchev–Trinajstić information content (AvgIpc) is 3.07. The van der Waals surface area contributed by atoms with Gasteiger partial charge in [0.15, 0.2) is 0 Å². The monoisotopic (exact) mass is 389 g/mol. The Bertz CT molecular complexity index is 755. The molecule has 146 valence electrons. The fourth-order valence-electron chi connectivity index (χ4n) is 3.64. The second kappa shape index (κ2) is 9.42. The minimum atomic E-state index is -0.108. The van der Waals surface area contributed by atoms with Crippen LogP contribution < -0.4 is 0 Å². The van der Waals surface area contributed by atoms with Crippen molar-refractivity contribution in [1.82, 2.24) is 14.8 Å². The van der Waals surface area contributed by atoms with E-state index in [9.17, 15) is 9.18 Å². The Balaban J connectivity index is 1.38. The lowest BCUT2D eigenvalue weighted by atomic mass is 9.96. The lowest BCUT2D eigenvalue weighted by Gasteiger charge is -2.34. The third kappa shape index (κ3) is 5.84. The van der Waals surface area contributed by atoms with E-state index in [1.165, 1.54) is 6.07 Å². The fourth-order valence-corrected chi connectivity index (χ4v) is 4.25. The maximum absolute atomic E-state index is 13.7. The molecule has 0 unspecified atom stereocenters. The molecule has 0 N–H and O–H groups in total. The van der Waals surface area contributed by atoms with Crippen LogP contribution in [0.3, 0.4) is 0 Å². The average molecular weight is 390 g/mol. The number of rotatable bonds is 7. The van der Waals surface area contributed by atoms with Crippen LogP contribution in [0.1, 0.15) is 29.1 Å². The first kappa shape index (κ1) is 20.0. The highest BCUT2D eigenvalue weighted by molar-refractivity contribution is 7.09. The number of benzene rings is 1. The van der Waals surface area contributed by atoms with Gasteiger partial charge in [0, 0.05) is 25.5 Å². The van der Waals surface area contributed by atoms with Gasteiger partial charge in [-0.2, -0.15) is 0 Å². The molecular formula is C21H28FN3OS. The van der Waals surface area contributed by atoms with Crippen LogP contribution in [-0.2, 0) is 17.6 Å². The molecule has 4 nitrogen and oxygen atoms in total. The van der Waals surface area contributed by atoms with Crippen molar-refractivity contribution in [2.75, 3.05) is 33.2 Å². The number of likely N-dealkylation sites (N-methyl/N-ethyl adjacent to an activating group) is 1. The summed E-state index contributed by atoms with van der Waals surface area (Å²) in [6.07, 6.45) is 3.32. The van der Waals surface area contributed by atoms with E-state index in [0.717, 1.165) is 61.7 Å². The fraction of sp³-hybridized carbons (Fsp3) is 0.524. The summed E-state index contributed by atoms with van der Waals surface area (Å²) in [4.78, 5) is 21.0. The minimum Gasteiger partial charge on any atom is -0.345 e. The van der Waals surface area contributed by atoms with Gasteiger partial charge in [-0.25, -0.2) is 9.37 Å².